The minimum atomic E-state index is -0.818. The summed E-state index contributed by atoms with van der Waals surface area (Å²) < 4.78 is 42.1. The molecule has 0 heterocycles. The highest BCUT2D eigenvalue weighted by Crippen LogP contribution is 2.29. The number of aliphatic imine (C=N–C) groups is 1. The van der Waals surface area contributed by atoms with Crippen LogP contribution in [0.25, 0.3) is 11.1 Å². The number of halogens is 3. The Balaban J connectivity index is 1.83. The van der Waals surface area contributed by atoms with Gasteiger partial charge in [-0.3, -0.25) is 0 Å². The number of rotatable bonds is 4. The van der Waals surface area contributed by atoms with Gasteiger partial charge in [0.15, 0.2) is 11.6 Å². The first-order valence-electron chi connectivity index (χ1n) is 8.63. The summed E-state index contributed by atoms with van der Waals surface area (Å²) in [5.41, 5.74) is 1.48. The van der Waals surface area contributed by atoms with Crippen LogP contribution in [0.2, 0.25) is 0 Å². The number of nitrogens with zero attached hydrogens (tertiary/aromatic N) is 1. The van der Waals surface area contributed by atoms with Gasteiger partial charge in [0, 0.05) is 10.5 Å². The number of thiocarbonyl (C=S) groups is 1. The van der Waals surface area contributed by atoms with Crippen molar-refractivity contribution in [3.8, 4) is 23.0 Å². The predicted octanol–water partition coefficient (Wildman–Crippen LogP) is 7.02. The van der Waals surface area contributed by atoms with Crippen LogP contribution < -0.4 is 0 Å². The molecule has 0 fully saturated rings. The standard InChI is InChI=1S/C23H14F3NS2/c1-2-29-19-10-9-17(20(24)13-19)8-5-15-3-6-16(7-4-15)18-11-21(25)23(27-14-28)22(26)12-18/h3-4,6-7,9-13H,2H2,1H3. The maximum Gasteiger partial charge on any atom is 0.153 e. The van der Waals surface area contributed by atoms with Crippen molar-refractivity contribution in [3.63, 3.8) is 0 Å². The van der Waals surface area contributed by atoms with E-state index in [1.165, 1.54) is 18.2 Å². The zero-order valence-corrected chi connectivity index (χ0v) is 16.9. The van der Waals surface area contributed by atoms with Gasteiger partial charge in [-0.2, -0.15) is 4.99 Å². The summed E-state index contributed by atoms with van der Waals surface area (Å²) in [6.45, 7) is 2.00. The van der Waals surface area contributed by atoms with Gasteiger partial charge in [-0.25, -0.2) is 13.2 Å². The minimum Gasteiger partial charge on any atom is -0.206 e. The van der Waals surface area contributed by atoms with Gasteiger partial charge in [0.1, 0.15) is 11.5 Å². The zero-order chi connectivity index (χ0) is 20.8. The number of benzene rings is 3. The first kappa shape index (κ1) is 20.9. The summed E-state index contributed by atoms with van der Waals surface area (Å²) >= 11 is 5.95. The van der Waals surface area contributed by atoms with Crippen molar-refractivity contribution in [1.82, 2.24) is 0 Å². The fourth-order valence-corrected chi connectivity index (χ4v) is 3.40. The van der Waals surface area contributed by atoms with E-state index in [0.717, 1.165) is 10.6 Å². The Labute approximate surface area is 176 Å². The fourth-order valence-electron chi connectivity index (χ4n) is 2.62. The van der Waals surface area contributed by atoms with Crippen molar-refractivity contribution in [2.45, 2.75) is 11.8 Å². The number of isothiocyanates is 1. The first-order valence-corrected chi connectivity index (χ1v) is 10.0. The van der Waals surface area contributed by atoms with Crippen LogP contribution in [-0.4, -0.2) is 10.9 Å². The molecule has 0 aliphatic heterocycles. The van der Waals surface area contributed by atoms with Crippen LogP contribution in [0.5, 0.6) is 0 Å². The van der Waals surface area contributed by atoms with Gasteiger partial charge in [0.05, 0.1) is 10.7 Å². The van der Waals surface area contributed by atoms with Crippen LogP contribution in [0, 0.1) is 29.3 Å². The lowest BCUT2D eigenvalue weighted by molar-refractivity contribution is 0.588. The normalized spacial score (nSPS) is 10.1. The summed E-state index contributed by atoms with van der Waals surface area (Å²) in [5, 5.41) is 1.96. The molecule has 0 saturated heterocycles. The highest BCUT2D eigenvalue weighted by Gasteiger charge is 2.11. The van der Waals surface area contributed by atoms with E-state index in [1.807, 2.05) is 18.2 Å². The third-order valence-electron chi connectivity index (χ3n) is 3.99. The fraction of sp³-hybridized carbons (Fsp3) is 0.0870. The van der Waals surface area contributed by atoms with Crippen molar-refractivity contribution in [2.75, 3.05) is 5.75 Å². The van der Waals surface area contributed by atoms with Crippen molar-refractivity contribution in [1.29, 1.82) is 0 Å². The molecule has 6 heteroatoms. The average Bonchev–Trinajstić information content (AvgIpc) is 2.70. The molecule has 0 spiro atoms. The molecule has 3 aromatic carbocycles. The molecule has 29 heavy (non-hydrogen) atoms. The molecule has 0 aliphatic carbocycles. The lowest BCUT2D eigenvalue weighted by Gasteiger charge is -2.05. The Morgan fingerprint density at radius 3 is 2.14 bits per heavy atom. The van der Waals surface area contributed by atoms with E-state index < -0.39 is 17.3 Å². The molecule has 144 valence electrons. The number of thioether (sulfide) groups is 1. The van der Waals surface area contributed by atoms with E-state index in [0.29, 0.717) is 22.3 Å². The topological polar surface area (TPSA) is 12.4 Å². The minimum absolute atomic E-state index is 0.313. The lowest BCUT2D eigenvalue weighted by atomic mass is 10.0. The SMILES string of the molecule is CCSc1ccc(C#Cc2ccc(-c3cc(F)c(N=C=S)c(F)c3)cc2)c(F)c1. The molecule has 3 aromatic rings. The first-order chi connectivity index (χ1) is 14.0. The van der Waals surface area contributed by atoms with Crippen molar-refractivity contribution >= 4 is 34.8 Å². The molecule has 0 unspecified atom stereocenters. The molecule has 3 rings (SSSR count). The van der Waals surface area contributed by atoms with Gasteiger partial charge in [-0.05, 0) is 71.6 Å². The third-order valence-corrected chi connectivity index (χ3v) is 4.95. The van der Waals surface area contributed by atoms with Crippen LogP contribution in [0.3, 0.4) is 0 Å². The maximum atomic E-state index is 14.1. The van der Waals surface area contributed by atoms with Gasteiger partial charge in [0.2, 0.25) is 0 Å². The molecule has 0 bridgehead atoms. The summed E-state index contributed by atoms with van der Waals surface area (Å²) in [6, 6.07) is 14.1. The molecular weight excluding hydrogens is 411 g/mol. The average molecular weight is 426 g/mol. The molecule has 0 radical (unpaired) electrons. The Kier molecular flexibility index (Phi) is 6.90. The molecule has 0 aromatic heterocycles. The number of hydrogen-bond acceptors (Lipinski definition) is 3. The molecule has 0 saturated carbocycles. The molecule has 0 amide bonds. The monoisotopic (exact) mass is 425 g/mol. The molecule has 0 atom stereocenters. The van der Waals surface area contributed by atoms with Crippen molar-refractivity contribution in [2.24, 2.45) is 4.99 Å². The summed E-state index contributed by atoms with van der Waals surface area (Å²) in [7, 11) is 0. The maximum absolute atomic E-state index is 14.1. The molecule has 1 nitrogen and oxygen atoms in total. The zero-order valence-electron chi connectivity index (χ0n) is 15.3. The smallest absolute Gasteiger partial charge is 0.153 e. The molecular formula is C23H14F3NS2. The Bertz CT molecular complexity index is 1130. The van der Waals surface area contributed by atoms with Crippen molar-refractivity contribution in [3.05, 3.63) is 83.2 Å². The van der Waals surface area contributed by atoms with Gasteiger partial charge >= 0.3 is 0 Å². The van der Waals surface area contributed by atoms with Crippen LogP contribution in [0.1, 0.15) is 18.1 Å². The van der Waals surface area contributed by atoms with Gasteiger partial charge in [-0.15, -0.1) is 11.8 Å². The Hall–Kier alpha value is -2.84. The third kappa shape index (κ3) is 5.16. The van der Waals surface area contributed by atoms with Gasteiger partial charge in [-0.1, -0.05) is 30.9 Å². The van der Waals surface area contributed by atoms with Gasteiger partial charge < -0.3 is 0 Å². The lowest BCUT2D eigenvalue weighted by Crippen LogP contribution is -1.87. The highest BCUT2D eigenvalue weighted by atomic mass is 32.2. The predicted molar refractivity (Wildman–Crippen MR) is 115 cm³/mol. The van der Waals surface area contributed by atoms with E-state index in [2.05, 4.69) is 29.1 Å². The largest absolute Gasteiger partial charge is 0.206 e. The van der Waals surface area contributed by atoms with Gasteiger partial charge in [0.25, 0.3) is 0 Å². The van der Waals surface area contributed by atoms with Crippen LogP contribution in [0.15, 0.2) is 64.5 Å². The second-order valence-electron chi connectivity index (χ2n) is 5.89. The van der Waals surface area contributed by atoms with E-state index in [1.54, 1.807) is 42.1 Å². The summed E-state index contributed by atoms with van der Waals surface area (Å²) in [4.78, 5) is 4.26. The highest BCUT2D eigenvalue weighted by molar-refractivity contribution is 7.99. The summed E-state index contributed by atoms with van der Waals surface area (Å²) in [5.74, 6) is 4.58. The van der Waals surface area contributed by atoms with E-state index in [-0.39, 0.29) is 5.82 Å². The molecule has 0 N–H and O–H groups in total. The molecule has 0 aliphatic rings. The second kappa shape index (κ2) is 9.58. The second-order valence-corrected chi connectivity index (χ2v) is 7.41. The van der Waals surface area contributed by atoms with E-state index >= 15 is 0 Å². The van der Waals surface area contributed by atoms with E-state index in [9.17, 15) is 13.2 Å². The number of hydrogen-bond donors (Lipinski definition) is 0. The van der Waals surface area contributed by atoms with Crippen LogP contribution in [-0.2, 0) is 0 Å². The van der Waals surface area contributed by atoms with Crippen LogP contribution >= 0.6 is 24.0 Å². The van der Waals surface area contributed by atoms with Crippen LogP contribution in [0.4, 0.5) is 18.9 Å². The van der Waals surface area contributed by atoms with Crippen molar-refractivity contribution < 1.29 is 13.2 Å². The Morgan fingerprint density at radius 2 is 1.55 bits per heavy atom. The van der Waals surface area contributed by atoms with E-state index in [4.69, 9.17) is 0 Å². The summed E-state index contributed by atoms with van der Waals surface area (Å²) in [6.07, 6.45) is 0. The Morgan fingerprint density at radius 1 is 0.862 bits per heavy atom. The quantitative estimate of drug-likeness (QED) is 0.193.